The van der Waals surface area contributed by atoms with E-state index in [-0.39, 0.29) is 22.0 Å². The van der Waals surface area contributed by atoms with Crippen LogP contribution in [-0.2, 0) is 10.0 Å². The van der Waals surface area contributed by atoms with E-state index in [9.17, 15) is 18.1 Å². The fourth-order valence-electron chi connectivity index (χ4n) is 3.96. The summed E-state index contributed by atoms with van der Waals surface area (Å²) in [7, 11) is 0.114. The topological polar surface area (TPSA) is 104 Å². The van der Waals surface area contributed by atoms with Crippen molar-refractivity contribution in [2.75, 3.05) is 33.9 Å². The molecule has 1 aliphatic rings. The first kappa shape index (κ1) is 27.6. The van der Waals surface area contributed by atoms with Gasteiger partial charge in [-0.2, -0.15) is 5.26 Å². The highest BCUT2D eigenvalue weighted by Crippen LogP contribution is 2.38. The predicted octanol–water partition coefficient (Wildman–Crippen LogP) is 6.96. The van der Waals surface area contributed by atoms with Gasteiger partial charge in [0.2, 0.25) is 10.0 Å². The summed E-state index contributed by atoms with van der Waals surface area (Å²) in [5.41, 5.74) is 1.84. The van der Waals surface area contributed by atoms with Crippen LogP contribution in [-0.4, -0.2) is 37.3 Å². The third-order valence-electron chi connectivity index (χ3n) is 5.81. The van der Waals surface area contributed by atoms with Crippen molar-refractivity contribution in [2.45, 2.75) is 26.2 Å². The first-order chi connectivity index (χ1) is 17.8. The van der Waals surface area contributed by atoms with Crippen molar-refractivity contribution < 1.29 is 17.5 Å². The molecular weight excluding hydrogens is 555 g/mol. The molecule has 0 bridgehead atoms. The van der Waals surface area contributed by atoms with Gasteiger partial charge < -0.3 is 10.1 Å². The van der Waals surface area contributed by atoms with Crippen LogP contribution in [0.15, 0.2) is 36.5 Å². The maximum atomic E-state index is 13.7. The lowest BCUT2D eigenvalue weighted by atomic mass is 10.1. The Morgan fingerprint density at radius 2 is 2.03 bits per heavy atom. The van der Waals surface area contributed by atoms with E-state index < -0.39 is 15.8 Å². The zero-order valence-corrected chi connectivity index (χ0v) is 23.3. The van der Waals surface area contributed by atoms with Gasteiger partial charge in [0.15, 0.2) is 0 Å². The number of halogens is 2. The molecule has 0 radical (unpaired) electrons. The lowest BCUT2D eigenvalue weighted by molar-refractivity contribution is 0.342. The lowest BCUT2D eigenvalue weighted by Crippen LogP contribution is -2.18. The normalized spacial score (nSPS) is 14.0. The molecule has 0 aliphatic carbocycles. The number of ether oxygens (including phenoxy) is 1. The van der Waals surface area contributed by atoms with E-state index in [0.29, 0.717) is 47.0 Å². The van der Waals surface area contributed by atoms with E-state index in [1.54, 1.807) is 19.1 Å². The Labute approximate surface area is 229 Å². The second-order valence-corrected chi connectivity index (χ2v) is 13.4. The zero-order valence-electron chi connectivity index (χ0n) is 20.1. The van der Waals surface area contributed by atoms with Gasteiger partial charge in [-0.1, -0.05) is 39.6 Å². The molecule has 1 fully saturated rings. The molecule has 0 atom stereocenters. The Morgan fingerprint density at radius 1 is 1.24 bits per heavy atom. The fourth-order valence-corrected chi connectivity index (χ4v) is 8.35. The molecule has 37 heavy (non-hydrogen) atoms. The molecular formula is C25H26ClFN4O3S3. The van der Waals surface area contributed by atoms with Crippen LogP contribution in [0.1, 0.15) is 31.7 Å². The number of nitrogens with zero attached hydrogens (tertiary/aromatic N) is 2. The average Bonchev–Trinajstić information content (AvgIpc) is 3.38. The van der Waals surface area contributed by atoms with Crippen molar-refractivity contribution in [3.63, 3.8) is 0 Å². The fraction of sp³-hybridized carbons (Fsp3) is 0.360. The molecule has 4 rings (SSSR count). The average molecular weight is 581 g/mol. The van der Waals surface area contributed by atoms with Gasteiger partial charge in [-0.15, -0.1) is 0 Å². The molecule has 0 amide bonds. The number of unbranched alkanes of at least 4 members (excludes halogenated alkanes) is 1. The standard InChI is InChI=1S/C25H26ClFN4O3S3/c1-2-34-24-11-22-19(10-23(24)31-37(32,33)8-4-3-5-16-14-35-36-15-16)25(17(12-28)13-29-22)30-18-6-7-21(27)20(26)9-18/h6-7,9-11,13,16,31H,2-5,8,14-15H2,1H3,(H,29,30). The van der Waals surface area contributed by atoms with E-state index >= 15 is 0 Å². The van der Waals surface area contributed by atoms with Crippen LogP contribution >= 0.6 is 33.2 Å². The molecule has 0 saturated carbocycles. The molecule has 0 spiro atoms. The van der Waals surface area contributed by atoms with Crippen molar-refractivity contribution in [1.29, 1.82) is 5.26 Å². The second-order valence-electron chi connectivity index (χ2n) is 8.56. The predicted molar refractivity (Wildman–Crippen MR) is 152 cm³/mol. The van der Waals surface area contributed by atoms with Gasteiger partial charge in [-0.3, -0.25) is 9.71 Å². The molecule has 2 heterocycles. The Hall–Kier alpha value is -2.39. The summed E-state index contributed by atoms with van der Waals surface area (Å²) in [6, 6.07) is 9.46. The maximum Gasteiger partial charge on any atom is 0.232 e. The van der Waals surface area contributed by atoms with Gasteiger partial charge >= 0.3 is 0 Å². The molecule has 3 aromatic rings. The summed E-state index contributed by atoms with van der Waals surface area (Å²) < 4.78 is 47.9. The zero-order chi connectivity index (χ0) is 26.4. The molecule has 2 N–H and O–H groups in total. The van der Waals surface area contributed by atoms with Crippen LogP contribution in [0.25, 0.3) is 10.9 Å². The Bertz CT molecular complexity index is 1430. The van der Waals surface area contributed by atoms with E-state index in [1.165, 1.54) is 24.4 Å². The number of benzene rings is 2. The number of hydrogen-bond donors (Lipinski definition) is 2. The number of nitriles is 1. The highest BCUT2D eigenvalue weighted by molar-refractivity contribution is 8.77. The van der Waals surface area contributed by atoms with Crippen LogP contribution < -0.4 is 14.8 Å². The number of pyridine rings is 1. The van der Waals surface area contributed by atoms with Crippen LogP contribution in [0.4, 0.5) is 21.5 Å². The van der Waals surface area contributed by atoms with Gasteiger partial charge in [0.25, 0.3) is 0 Å². The summed E-state index contributed by atoms with van der Waals surface area (Å²) in [6.07, 6.45) is 3.86. The van der Waals surface area contributed by atoms with E-state index in [4.69, 9.17) is 16.3 Å². The minimum Gasteiger partial charge on any atom is -0.492 e. The van der Waals surface area contributed by atoms with Gasteiger partial charge in [0, 0.05) is 34.8 Å². The molecule has 0 unspecified atom stereocenters. The minimum atomic E-state index is -3.64. The van der Waals surface area contributed by atoms with Crippen LogP contribution in [0, 0.1) is 23.1 Å². The maximum absolute atomic E-state index is 13.7. The van der Waals surface area contributed by atoms with Crippen molar-refractivity contribution >= 4 is 71.2 Å². The third-order valence-corrected chi connectivity index (χ3v) is 10.2. The lowest BCUT2D eigenvalue weighted by Gasteiger charge is -2.17. The largest absolute Gasteiger partial charge is 0.492 e. The minimum absolute atomic E-state index is 0.000716. The van der Waals surface area contributed by atoms with E-state index in [0.717, 1.165) is 24.3 Å². The summed E-state index contributed by atoms with van der Waals surface area (Å²) in [5, 5.41) is 13.2. The third kappa shape index (κ3) is 7.13. The van der Waals surface area contributed by atoms with Gasteiger partial charge in [0.05, 0.1) is 39.8 Å². The summed E-state index contributed by atoms with van der Waals surface area (Å²) >= 11 is 5.93. The first-order valence-electron chi connectivity index (χ1n) is 11.8. The van der Waals surface area contributed by atoms with Gasteiger partial charge in [-0.05, 0) is 49.9 Å². The van der Waals surface area contributed by atoms with Crippen molar-refractivity contribution in [2.24, 2.45) is 5.92 Å². The number of aromatic nitrogens is 1. The SMILES string of the molecule is CCOc1cc2ncc(C#N)c(Nc3ccc(F)c(Cl)c3)c2cc1NS(=O)(=O)CCCCC1CSSC1. The first-order valence-corrected chi connectivity index (χ1v) is 16.3. The number of nitrogens with one attached hydrogen (secondary N) is 2. The molecule has 196 valence electrons. The van der Waals surface area contributed by atoms with Gasteiger partial charge in [0.1, 0.15) is 17.6 Å². The smallest absolute Gasteiger partial charge is 0.232 e. The molecule has 2 aromatic carbocycles. The summed E-state index contributed by atoms with van der Waals surface area (Å²) in [6.45, 7) is 2.13. The number of sulfonamides is 1. The molecule has 1 aliphatic heterocycles. The quantitative estimate of drug-likeness (QED) is 0.185. The van der Waals surface area contributed by atoms with E-state index in [1.807, 2.05) is 21.6 Å². The van der Waals surface area contributed by atoms with Crippen molar-refractivity contribution in [1.82, 2.24) is 4.98 Å². The van der Waals surface area contributed by atoms with Gasteiger partial charge in [-0.25, -0.2) is 12.8 Å². The number of anilines is 3. The van der Waals surface area contributed by atoms with Crippen molar-refractivity contribution in [3.05, 3.63) is 52.9 Å². The Morgan fingerprint density at radius 3 is 2.73 bits per heavy atom. The molecule has 12 heteroatoms. The van der Waals surface area contributed by atoms with Crippen LogP contribution in [0.3, 0.4) is 0 Å². The van der Waals surface area contributed by atoms with Crippen molar-refractivity contribution in [3.8, 4) is 11.8 Å². The molecule has 7 nitrogen and oxygen atoms in total. The summed E-state index contributed by atoms with van der Waals surface area (Å²) in [5.74, 6) is 2.68. The van der Waals surface area contributed by atoms with Crippen LogP contribution in [0.2, 0.25) is 5.02 Å². The van der Waals surface area contributed by atoms with Crippen LogP contribution in [0.5, 0.6) is 5.75 Å². The molecule has 1 aromatic heterocycles. The van der Waals surface area contributed by atoms with E-state index in [2.05, 4.69) is 21.1 Å². The monoisotopic (exact) mass is 580 g/mol. The summed E-state index contributed by atoms with van der Waals surface area (Å²) in [4.78, 5) is 4.36. The second kappa shape index (κ2) is 12.4. The number of fused-ring (bicyclic) bond motifs is 1. The highest BCUT2D eigenvalue weighted by atomic mass is 35.5. The molecule has 1 saturated heterocycles. The number of hydrogen-bond acceptors (Lipinski definition) is 8. The highest BCUT2D eigenvalue weighted by Gasteiger charge is 2.20. The number of rotatable bonds is 11. The Kier molecular flexibility index (Phi) is 9.29. The Balaban J connectivity index is 1.63.